The molecule has 0 unspecified atom stereocenters. The number of aryl methyl sites for hydroxylation is 1. The molecule has 1 fully saturated rings. The highest BCUT2D eigenvalue weighted by Gasteiger charge is 2.12. The fraction of sp³-hybridized carbons (Fsp3) is 0.467. The number of pyridine rings is 1. The second-order valence-corrected chi connectivity index (χ2v) is 5.25. The van der Waals surface area contributed by atoms with Gasteiger partial charge in [0.2, 0.25) is 0 Å². The van der Waals surface area contributed by atoms with Gasteiger partial charge in [0.1, 0.15) is 5.82 Å². The van der Waals surface area contributed by atoms with E-state index < -0.39 is 0 Å². The molecule has 6 heteroatoms. The molecule has 3 heterocycles. The fourth-order valence-electron chi connectivity index (χ4n) is 2.45. The molecule has 2 aromatic heterocycles. The molecule has 1 aliphatic rings. The van der Waals surface area contributed by atoms with Crippen LogP contribution in [-0.4, -0.2) is 41.1 Å². The van der Waals surface area contributed by atoms with E-state index >= 15 is 0 Å². The maximum Gasteiger partial charge on any atom is 0.128 e. The monoisotopic (exact) mass is 287 g/mol. The van der Waals surface area contributed by atoms with Crippen molar-refractivity contribution < 1.29 is 4.74 Å². The van der Waals surface area contributed by atoms with E-state index in [1.165, 1.54) is 11.1 Å². The van der Waals surface area contributed by atoms with Gasteiger partial charge in [-0.1, -0.05) is 0 Å². The minimum absolute atomic E-state index is 0.783. The lowest BCUT2D eigenvalue weighted by atomic mass is 10.2. The van der Waals surface area contributed by atoms with Crippen LogP contribution in [0.3, 0.4) is 0 Å². The molecule has 0 spiro atoms. The summed E-state index contributed by atoms with van der Waals surface area (Å²) in [5.74, 6) is 1.04. The largest absolute Gasteiger partial charge is 0.378 e. The predicted octanol–water partition coefficient (Wildman–Crippen LogP) is 0.941. The van der Waals surface area contributed by atoms with Crippen LogP contribution in [0.15, 0.2) is 30.7 Å². The van der Waals surface area contributed by atoms with Gasteiger partial charge >= 0.3 is 0 Å². The van der Waals surface area contributed by atoms with Gasteiger partial charge in [-0.05, 0) is 17.7 Å². The lowest BCUT2D eigenvalue weighted by molar-refractivity contribution is 0.122. The first-order valence-electron chi connectivity index (χ1n) is 7.27. The Labute approximate surface area is 124 Å². The Morgan fingerprint density at radius 2 is 2.05 bits per heavy atom. The third-order valence-electron chi connectivity index (χ3n) is 3.56. The molecule has 0 saturated carbocycles. The first-order chi connectivity index (χ1) is 10.3. The average Bonchev–Trinajstić information content (AvgIpc) is 2.94. The van der Waals surface area contributed by atoms with Crippen molar-refractivity contribution in [2.45, 2.75) is 13.1 Å². The molecule has 3 rings (SSSR count). The van der Waals surface area contributed by atoms with Crippen molar-refractivity contribution in [2.24, 2.45) is 7.05 Å². The highest BCUT2D eigenvalue weighted by Crippen LogP contribution is 2.14. The molecular formula is C15H21N5O. The van der Waals surface area contributed by atoms with Crippen molar-refractivity contribution in [3.05, 3.63) is 41.9 Å². The summed E-state index contributed by atoms with van der Waals surface area (Å²) in [5.41, 5.74) is 2.44. The molecule has 21 heavy (non-hydrogen) atoms. The smallest absolute Gasteiger partial charge is 0.128 e. The third-order valence-corrected chi connectivity index (χ3v) is 3.56. The van der Waals surface area contributed by atoms with E-state index in [4.69, 9.17) is 4.74 Å². The second-order valence-electron chi connectivity index (χ2n) is 5.25. The highest BCUT2D eigenvalue weighted by molar-refractivity contribution is 5.41. The van der Waals surface area contributed by atoms with E-state index in [0.717, 1.165) is 45.2 Å². The minimum atomic E-state index is 0.783. The number of hydrogen-bond donors (Lipinski definition) is 1. The number of anilines is 1. The fourth-order valence-corrected chi connectivity index (χ4v) is 2.45. The summed E-state index contributed by atoms with van der Waals surface area (Å²) in [4.78, 5) is 6.73. The van der Waals surface area contributed by atoms with Crippen molar-refractivity contribution in [1.82, 2.24) is 20.1 Å². The zero-order valence-electron chi connectivity index (χ0n) is 12.3. The summed E-state index contributed by atoms with van der Waals surface area (Å²) < 4.78 is 7.20. The van der Waals surface area contributed by atoms with Crippen molar-refractivity contribution in [3.8, 4) is 0 Å². The average molecular weight is 287 g/mol. The van der Waals surface area contributed by atoms with Crippen LogP contribution in [-0.2, 0) is 24.9 Å². The predicted molar refractivity (Wildman–Crippen MR) is 81.0 cm³/mol. The SMILES string of the molecule is Cn1cc(CNCc2ccnc(N3CCOCC3)c2)cn1. The molecule has 0 aliphatic carbocycles. The number of morpholine rings is 1. The maximum absolute atomic E-state index is 5.38. The van der Waals surface area contributed by atoms with E-state index in [1.807, 2.05) is 30.3 Å². The molecular weight excluding hydrogens is 266 g/mol. The van der Waals surface area contributed by atoms with Gasteiger partial charge in [-0.2, -0.15) is 5.10 Å². The summed E-state index contributed by atoms with van der Waals surface area (Å²) in [6, 6.07) is 4.21. The number of ether oxygens (including phenoxy) is 1. The summed E-state index contributed by atoms with van der Waals surface area (Å²) >= 11 is 0. The molecule has 0 aromatic carbocycles. The van der Waals surface area contributed by atoms with Gasteiger partial charge in [0.05, 0.1) is 19.4 Å². The zero-order valence-corrected chi connectivity index (χ0v) is 12.3. The topological polar surface area (TPSA) is 55.2 Å². The first kappa shape index (κ1) is 14.0. The van der Waals surface area contributed by atoms with Gasteiger partial charge in [-0.25, -0.2) is 4.98 Å². The van der Waals surface area contributed by atoms with Gasteiger partial charge in [0.25, 0.3) is 0 Å². The van der Waals surface area contributed by atoms with Crippen LogP contribution in [0.25, 0.3) is 0 Å². The minimum Gasteiger partial charge on any atom is -0.378 e. The van der Waals surface area contributed by atoms with Crippen molar-refractivity contribution >= 4 is 5.82 Å². The van der Waals surface area contributed by atoms with E-state index in [-0.39, 0.29) is 0 Å². The number of nitrogens with zero attached hydrogens (tertiary/aromatic N) is 4. The van der Waals surface area contributed by atoms with E-state index in [0.29, 0.717) is 0 Å². The summed E-state index contributed by atoms with van der Waals surface area (Å²) in [5, 5.41) is 7.60. The molecule has 2 aromatic rings. The van der Waals surface area contributed by atoms with Gasteiger partial charge < -0.3 is 15.0 Å². The van der Waals surface area contributed by atoms with Crippen LogP contribution >= 0.6 is 0 Å². The molecule has 1 N–H and O–H groups in total. The van der Waals surface area contributed by atoms with Gasteiger partial charge in [0.15, 0.2) is 0 Å². The highest BCUT2D eigenvalue weighted by atomic mass is 16.5. The Hall–Kier alpha value is -1.92. The van der Waals surface area contributed by atoms with Gasteiger partial charge in [-0.15, -0.1) is 0 Å². The lowest BCUT2D eigenvalue weighted by Crippen LogP contribution is -2.36. The zero-order chi connectivity index (χ0) is 14.5. The van der Waals surface area contributed by atoms with Crippen molar-refractivity contribution in [2.75, 3.05) is 31.2 Å². The second kappa shape index (κ2) is 6.69. The molecule has 1 aliphatic heterocycles. The maximum atomic E-state index is 5.38. The molecule has 0 amide bonds. The van der Waals surface area contributed by atoms with Crippen LogP contribution in [0.4, 0.5) is 5.82 Å². The summed E-state index contributed by atoms with van der Waals surface area (Å²) in [7, 11) is 1.93. The molecule has 0 bridgehead atoms. The summed E-state index contributed by atoms with van der Waals surface area (Å²) in [6.45, 7) is 5.05. The normalized spacial score (nSPS) is 15.4. The van der Waals surface area contributed by atoms with Crippen LogP contribution in [0.2, 0.25) is 0 Å². The summed E-state index contributed by atoms with van der Waals surface area (Å²) in [6.07, 6.45) is 5.79. The Morgan fingerprint density at radius 3 is 2.81 bits per heavy atom. The van der Waals surface area contributed by atoms with Crippen molar-refractivity contribution in [3.63, 3.8) is 0 Å². The Balaban J connectivity index is 1.55. The van der Waals surface area contributed by atoms with Gasteiger partial charge in [-0.3, -0.25) is 4.68 Å². The lowest BCUT2D eigenvalue weighted by Gasteiger charge is -2.28. The van der Waals surface area contributed by atoms with Gasteiger partial charge in [0, 0.05) is 51.2 Å². The quantitative estimate of drug-likeness (QED) is 0.887. The Bertz CT molecular complexity index is 577. The van der Waals surface area contributed by atoms with E-state index in [9.17, 15) is 0 Å². The third kappa shape index (κ3) is 3.80. The van der Waals surface area contributed by atoms with E-state index in [2.05, 4.69) is 32.4 Å². The Kier molecular flexibility index (Phi) is 4.47. The van der Waals surface area contributed by atoms with E-state index in [1.54, 1.807) is 0 Å². The number of nitrogens with one attached hydrogen (secondary N) is 1. The number of rotatable bonds is 5. The number of hydrogen-bond acceptors (Lipinski definition) is 5. The van der Waals surface area contributed by atoms with Crippen LogP contribution in [0.1, 0.15) is 11.1 Å². The molecule has 6 nitrogen and oxygen atoms in total. The molecule has 0 radical (unpaired) electrons. The first-order valence-corrected chi connectivity index (χ1v) is 7.27. The Morgan fingerprint density at radius 1 is 1.24 bits per heavy atom. The van der Waals surface area contributed by atoms with Crippen LogP contribution in [0.5, 0.6) is 0 Å². The molecule has 112 valence electrons. The van der Waals surface area contributed by atoms with Crippen LogP contribution in [0, 0.1) is 0 Å². The van der Waals surface area contributed by atoms with Crippen molar-refractivity contribution in [1.29, 1.82) is 0 Å². The van der Waals surface area contributed by atoms with Crippen LogP contribution < -0.4 is 10.2 Å². The molecule has 0 atom stereocenters. The standard InChI is InChI=1S/C15H21N5O/c1-19-12-14(11-18-19)10-16-9-13-2-3-17-15(8-13)20-4-6-21-7-5-20/h2-3,8,11-12,16H,4-7,9-10H2,1H3. The molecule has 1 saturated heterocycles. The number of aromatic nitrogens is 3.